The van der Waals surface area contributed by atoms with Crippen LogP contribution < -0.4 is 16.8 Å². The van der Waals surface area contributed by atoms with E-state index in [1.165, 1.54) is 17.2 Å². The van der Waals surface area contributed by atoms with Crippen molar-refractivity contribution in [2.75, 3.05) is 12.3 Å². The highest BCUT2D eigenvalue weighted by Gasteiger charge is 2.45. The maximum atomic E-state index is 11.1. The number of fused-ring (bicyclic) bond motifs is 1. The molecular weight excluding hydrogens is 406 g/mol. The molecule has 12 heteroatoms. The molecule has 12 nitrogen and oxygen atoms in total. The van der Waals surface area contributed by atoms with Crippen LogP contribution in [-0.4, -0.2) is 77.7 Å². The average molecular weight is 438 g/mol. The zero-order chi connectivity index (χ0) is 22.7. The van der Waals surface area contributed by atoms with Gasteiger partial charge in [-0.1, -0.05) is 13.8 Å². The van der Waals surface area contributed by atoms with Crippen LogP contribution in [0.3, 0.4) is 0 Å². The number of hydrogen-bond donors (Lipinski definition) is 6. The van der Waals surface area contributed by atoms with Crippen molar-refractivity contribution in [3.63, 3.8) is 0 Å². The van der Waals surface area contributed by atoms with Gasteiger partial charge in [-0.2, -0.15) is 0 Å². The molecule has 0 aliphatic carbocycles. The highest BCUT2D eigenvalue weighted by molar-refractivity contribution is 5.81. The van der Waals surface area contributed by atoms with Crippen LogP contribution in [0.4, 0.5) is 5.82 Å². The molecule has 6 atom stereocenters. The number of aliphatic carboxylic acids is 1. The molecule has 0 saturated carbocycles. The predicted molar refractivity (Wildman–Crippen MR) is 112 cm³/mol. The number of carboxylic acid groups (broad SMARTS) is 1. The monoisotopic (exact) mass is 437 g/mol. The van der Waals surface area contributed by atoms with Gasteiger partial charge in [0, 0.05) is 6.04 Å². The molecular formula is C19H31N7O5. The van der Waals surface area contributed by atoms with Crippen molar-refractivity contribution >= 4 is 23.0 Å². The molecule has 1 fully saturated rings. The third-order valence-corrected chi connectivity index (χ3v) is 5.47. The van der Waals surface area contributed by atoms with Gasteiger partial charge in [0.1, 0.15) is 30.1 Å². The summed E-state index contributed by atoms with van der Waals surface area (Å²) >= 11 is 0. The fourth-order valence-electron chi connectivity index (χ4n) is 3.70. The lowest BCUT2D eigenvalue weighted by atomic mass is 9.97. The summed E-state index contributed by atoms with van der Waals surface area (Å²) in [5.74, 6) is -0.463. The molecule has 0 amide bonds. The van der Waals surface area contributed by atoms with Gasteiger partial charge >= 0.3 is 5.97 Å². The molecule has 1 aliphatic heterocycles. The molecule has 8 N–H and O–H groups in total. The van der Waals surface area contributed by atoms with Crippen molar-refractivity contribution in [1.29, 1.82) is 0 Å². The summed E-state index contributed by atoms with van der Waals surface area (Å²) in [5.41, 5.74) is 12.2. The van der Waals surface area contributed by atoms with E-state index in [4.69, 9.17) is 21.3 Å². The standard InChI is InChI=1S/C19H31N7O5/c1-9(2)6-22-10(3-4-11(20)19(29)30)5-12-14(27)15(28)18(31-12)26-8-25-13-16(21)23-7-24-17(13)26/h7-12,14-15,18,22,27-28H,3-6,20H2,1-2H3,(H,29,30)(H2,21,23,24)/t10-,11-,12+,14+,15+,18+/m0/s1. The minimum atomic E-state index is -1.20. The Morgan fingerprint density at radius 3 is 2.68 bits per heavy atom. The van der Waals surface area contributed by atoms with Gasteiger partial charge in [0.2, 0.25) is 0 Å². The second kappa shape index (κ2) is 9.83. The van der Waals surface area contributed by atoms with Crippen LogP contribution in [0.5, 0.6) is 0 Å². The van der Waals surface area contributed by atoms with Gasteiger partial charge < -0.3 is 36.8 Å². The van der Waals surface area contributed by atoms with E-state index in [1.807, 2.05) is 0 Å². The smallest absolute Gasteiger partial charge is 0.320 e. The minimum absolute atomic E-state index is 0.143. The molecule has 3 rings (SSSR count). The number of nitrogens with two attached hydrogens (primary N) is 2. The number of hydrogen-bond acceptors (Lipinski definition) is 10. The third kappa shape index (κ3) is 5.28. The lowest BCUT2D eigenvalue weighted by Crippen LogP contribution is -2.41. The first kappa shape index (κ1) is 23.3. The molecule has 0 aromatic carbocycles. The Bertz CT molecular complexity index is 892. The normalized spacial score (nSPS) is 25.9. The average Bonchev–Trinajstić information content (AvgIpc) is 3.26. The summed E-state index contributed by atoms with van der Waals surface area (Å²) in [7, 11) is 0. The number of nitrogens with zero attached hydrogens (tertiary/aromatic N) is 4. The number of anilines is 1. The largest absolute Gasteiger partial charge is 0.480 e. The highest BCUT2D eigenvalue weighted by atomic mass is 16.6. The number of carboxylic acids is 1. The number of rotatable bonds is 10. The van der Waals surface area contributed by atoms with E-state index in [0.29, 0.717) is 36.5 Å². The highest BCUT2D eigenvalue weighted by Crippen LogP contribution is 2.34. The Morgan fingerprint density at radius 1 is 1.26 bits per heavy atom. The van der Waals surface area contributed by atoms with Crippen LogP contribution in [0.15, 0.2) is 12.7 Å². The van der Waals surface area contributed by atoms with E-state index < -0.39 is 36.6 Å². The number of carbonyl (C=O) groups is 1. The number of ether oxygens (including phenoxy) is 1. The number of aromatic nitrogens is 4. The predicted octanol–water partition coefficient (Wildman–Crippen LogP) is -0.776. The third-order valence-electron chi connectivity index (χ3n) is 5.47. The maximum absolute atomic E-state index is 11.1. The number of aliphatic hydroxyl groups excluding tert-OH is 2. The van der Waals surface area contributed by atoms with E-state index >= 15 is 0 Å². The summed E-state index contributed by atoms with van der Waals surface area (Å²) in [4.78, 5) is 23.3. The quantitative estimate of drug-likeness (QED) is 0.273. The fraction of sp³-hybridized carbons (Fsp3) is 0.684. The van der Waals surface area contributed by atoms with Gasteiger partial charge in [-0.3, -0.25) is 9.36 Å². The Labute approximate surface area is 179 Å². The van der Waals surface area contributed by atoms with Crippen molar-refractivity contribution in [1.82, 2.24) is 24.8 Å². The van der Waals surface area contributed by atoms with Crippen molar-refractivity contribution in [3.05, 3.63) is 12.7 Å². The molecule has 0 radical (unpaired) electrons. The van der Waals surface area contributed by atoms with Gasteiger partial charge in [-0.15, -0.1) is 0 Å². The number of nitrogen functional groups attached to an aromatic ring is 1. The van der Waals surface area contributed by atoms with Crippen molar-refractivity contribution in [3.8, 4) is 0 Å². The Hall–Kier alpha value is -2.38. The van der Waals surface area contributed by atoms with Gasteiger partial charge in [0.25, 0.3) is 0 Å². The summed E-state index contributed by atoms with van der Waals surface area (Å²) in [5, 5.41) is 33.7. The van der Waals surface area contributed by atoms with Crippen LogP contribution in [0.25, 0.3) is 11.2 Å². The number of aliphatic hydroxyl groups is 2. The van der Waals surface area contributed by atoms with E-state index in [1.54, 1.807) is 0 Å². The minimum Gasteiger partial charge on any atom is -0.480 e. The van der Waals surface area contributed by atoms with Crippen LogP contribution in [0.1, 0.15) is 39.3 Å². The number of imidazole rings is 1. The summed E-state index contributed by atoms with van der Waals surface area (Å²) < 4.78 is 7.53. The molecule has 2 aromatic rings. The number of nitrogens with one attached hydrogen (secondary N) is 1. The fourth-order valence-corrected chi connectivity index (χ4v) is 3.70. The first-order chi connectivity index (χ1) is 14.7. The summed E-state index contributed by atoms with van der Waals surface area (Å²) in [6.45, 7) is 4.83. The van der Waals surface area contributed by atoms with Gasteiger partial charge in [-0.05, 0) is 31.7 Å². The second-order valence-corrected chi connectivity index (χ2v) is 8.39. The van der Waals surface area contributed by atoms with Crippen LogP contribution in [-0.2, 0) is 9.53 Å². The maximum Gasteiger partial charge on any atom is 0.320 e. The summed E-state index contributed by atoms with van der Waals surface area (Å²) in [6.07, 6.45) is -0.0373. The lowest BCUT2D eigenvalue weighted by molar-refractivity contribution is -0.138. The second-order valence-electron chi connectivity index (χ2n) is 8.39. The van der Waals surface area contributed by atoms with E-state index in [0.717, 1.165) is 0 Å². The van der Waals surface area contributed by atoms with Gasteiger partial charge in [0.05, 0.1) is 12.4 Å². The molecule has 0 bridgehead atoms. The van der Waals surface area contributed by atoms with Crippen molar-refractivity contribution in [2.24, 2.45) is 11.7 Å². The van der Waals surface area contributed by atoms with Gasteiger partial charge in [-0.25, -0.2) is 15.0 Å². The molecule has 1 saturated heterocycles. The van der Waals surface area contributed by atoms with Crippen LogP contribution >= 0.6 is 0 Å². The molecule has 0 unspecified atom stereocenters. The van der Waals surface area contributed by atoms with Crippen molar-refractivity contribution in [2.45, 2.75) is 69.7 Å². The molecule has 2 aromatic heterocycles. The van der Waals surface area contributed by atoms with E-state index in [2.05, 4.69) is 34.1 Å². The SMILES string of the molecule is CC(C)CN[C@@H](CC[C@H](N)C(=O)O)C[C@H]1O[C@@H](n2cnc3c(N)ncnc32)[C@H](O)[C@@H]1O. The van der Waals surface area contributed by atoms with Gasteiger partial charge in [0.15, 0.2) is 17.7 Å². The molecule has 1 aliphatic rings. The first-order valence-electron chi connectivity index (χ1n) is 10.3. The first-order valence-corrected chi connectivity index (χ1v) is 10.3. The van der Waals surface area contributed by atoms with Crippen LogP contribution in [0.2, 0.25) is 0 Å². The molecule has 31 heavy (non-hydrogen) atoms. The Kier molecular flexibility index (Phi) is 7.38. The Morgan fingerprint density at radius 2 is 2.00 bits per heavy atom. The van der Waals surface area contributed by atoms with Crippen LogP contribution in [0, 0.1) is 5.92 Å². The molecule has 0 spiro atoms. The molecule has 172 valence electrons. The summed E-state index contributed by atoms with van der Waals surface area (Å²) in [6, 6.07) is -1.10. The zero-order valence-electron chi connectivity index (χ0n) is 17.6. The topological polar surface area (TPSA) is 195 Å². The van der Waals surface area contributed by atoms with E-state index in [-0.39, 0.29) is 18.3 Å². The lowest BCUT2D eigenvalue weighted by Gasteiger charge is -2.25. The Balaban J connectivity index is 1.72. The molecule has 3 heterocycles. The van der Waals surface area contributed by atoms with E-state index in [9.17, 15) is 15.0 Å². The zero-order valence-corrected chi connectivity index (χ0v) is 17.6. The van der Waals surface area contributed by atoms with Crippen molar-refractivity contribution < 1.29 is 24.9 Å².